The Bertz CT molecular complexity index is 1330. The van der Waals surface area contributed by atoms with Crippen LogP contribution in [0.1, 0.15) is 12.8 Å². The number of hydrogen-bond acceptors (Lipinski definition) is 6. The second-order valence-electron chi connectivity index (χ2n) is 6.56. The fourth-order valence-corrected chi connectivity index (χ4v) is 3.28. The van der Waals surface area contributed by atoms with Crippen LogP contribution in [-0.2, 0) is 13.1 Å². The Morgan fingerprint density at radius 1 is 1.13 bits per heavy atom. The Hall–Kier alpha value is -3.94. The highest BCUT2D eigenvalue weighted by Gasteiger charge is 2.16. The molecular weight excluding hydrogens is 384 g/mol. The molecule has 0 saturated heterocycles. The summed E-state index contributed by atoms with van der Waals surface area (Å²) in [5.74, 6) is 1.35. The molecule has 2 aromatic heterocycles. The maximum absolute atomic E-state index is 13.0. The lowest BCUT2D eigenvalue weighted by Gasteiger charge is -2.11. The SMILES string of the molecule is C=CCn1c(=O)c2ccccc2n(Cc2nc(-c3cccc(OCC)c3)no2)c1=O. The fourth-order valence-electron chi connectivity index (χ4n) is 3.28. The number of benzene rings is 2. The van der Waals surface area contributed by atoms with Gasteiger partial charge in [0.2, 0.25) is 11.7 Å². The maximum Gasteiger partial charge on any atom is 0.332 e. The van der Waals surface area contributed by atoms with E-state index in [1.807, 2.05) is 31.2 Å². The van der Waals surface area contributed by atoms with Crippen molar-refractivity contribution in [1.82, 2.24) is 19.3 Å². The van der Waals surface area contributed by atoms with Crippen molar-refractivity contribution >= 4 is 10.9 Å². The molecule has 2 heterocycles. The largest absolute Gasteiger partial charge is 0.494 e. The average molecular weight is 404 g/mol. The minimum atomic E-state index is -0.461. The van der Waals surface area contributed by atoms with Gasteiger partial charge in [-0.05, 0) is 31.2 Å². The van der Waals surface area contributed by atoms with E-state index in [-0.39, 0.29) is 24.5 Å². The number of allylic oxidation sites excluding steroid dienone is 1. The molecule has 0 N–H and O–H groups in total. The summed E-state index contributed by atoms with van der Waals surface area (Å²) in [6, 6.07) is 14.3. The van der Waals surface area contributed by atoms with Crippen LogP contribution in [0, 0.1) is 0 Å². The van der Waals surface area contributed by atoms with Crippen molar-refractivity contribution < 1.29 is 9.26 Å². The van der Waals surface area contributed by atoms with E-state index >= 15 is 0 Å². The number of hydrogen-bond donors (Lipinski definition) is 0. The Morgan fingerprint density at radius 2 is 1.97 bits per heavy atom. The molecule has 0 atom stereocenters. The first-order chi connectivity index (χ1) is 14.6. The lowest BCUT2D eigenvalue weighted by molar-refractivity contribution is 0.340. The number of rotatable bonds is 7. The molecule has 4 aromatic rings. The second-order valence-corrected chi connectivity index (χ2v) is 6.56. The summed E-state index contributed by atoms with van der Waals surface area (Å²) in [5, 5.41) is 4.46. The molecule has 30 heavy (non-hydrogen) atoms. The van der Waals surface area contributed by atoms with Gasteiger partial charge in [0.15, 0.2) is 0 Å². The summed E-state index contributed by atoms with van der Waals surface area (Å²) in [4.78, 5) is 30.0. The Morgan fingerprint density at radius 3 is 2.77 bits per heavy atom. The van der Waals surface area contributed by atoms with Gasteiger partial charge in [0, 0.05) is 12.1 Å². The molecule has 0 aliphatic heterocycles. The zero-order chi connectivity index (χ0) is 21.1. The molecule has 4 rings (SSSR count). The molecule has 8 nitrogen and oxygen atoms in total. The molecule has 0 aliphatic carbocycles. The molecule has 152 valence electrons. The van der Waals surface area contributed by atoms with Crippen LogP contribution in [0.2, 0.25) is 0 Å². The number of ether oxygens (including phenoxy) is 1. The smallest absolute Gasteiger partial charge is 0.332 e. The van der Waals surface area contributed by atoms with Gasteiger partial charge in [-0.15, -0.1) is 6.58 Å². The standard InChI is InChI=1S/C22H20N4O4/c1-3-12-25-21(27)17-10-5-6-11-18(17)26(22(25)28)14-19-23-20(24-30-19)15-8-7-9-16(13-15)29-4-2/h3,5-11,13H,1,4,12,14H2,2H3. The molecular formula is C22H20N4O4. The van der Waals surface area contributed by atoms with Gasteiger partial charge >= 0.3 is 5.69 Å². The first kappa shape index (κ1) is 19.4. The summed E-state index contributed by atoms with van der Waals surface area (Å²) in [5.41, 5.74) is 0.429. The van der Waals surface area contributed by atoms with Crippen LogP contribution in [0.4, 0.5) is 0 Å². The van der Waals surface area contributed by atoms with Crippen LogP contribution >= 0.6 is 0 Å². The normalized spacial score (nSPS) is 11.0. The van der Waals surface area contributed by atoms with E-state index in [1.165, 1.54) is 10.6 Å². The summed E-state index contributed by atoms with van der Waals surface area (Å²) >= 11 is 0. The lowest BCUT2D eigenvalue weighted by Crippen LogP contribution is -2.40. The molecule has 0 aliphatic rings. The third kappa shape index (κ3) is 3.55. The number of nitrogens with zero attached hydrogens (tertiary/aromatic N) is 4. The van der Waals surface area contributed by atoms with Gasteiger partial charge in [0.1, 0.15) is 12.3 Å². The molecule has 0 amide bonds. The summed E-state index contributed by atoms with van der Waals surface area (Å²) < 4.78 is 13.5. The van der Waals surface area contributed by atoms with E-state index in [0.717, 1.165) is 10.1 Å². The molecule has 0 radical (unpaired) electrons. The Kier molecular flexibility index (Phi) is 5.30. The van der Waals surface area contributed by atoms with Crippen LogP contribution < -0.4 is 16.0 Å². The highest BCUT2D eigenvalue weighted by Crippen LogP contribution is 2.22. The van der Waals surface area contributed by atoms with Crippen LogP contribution in [0.3, 0.4) is 0 Å². The van der Waals surface area contributed by atoms with Gasteiger partial charge in [-0.3, -0.25) is 13.9 Å². The minimum Gasteiger partial charge on any atom is -0.494 e. The van der Waals surface area contributed by atoms with E-state index in [2.05, 4.69) is 16.7 Å². The van der Waals surface area contributed by atoms with Crippen molar-refractivity contribution in [2.75, 3.05) is 6.61 Å². The van der Waals surface area contributed by atoms with Gasteiger partial charge in [0.05, 0.1) is 17.5 Å². The second kappa shape index (κ2) is 8.20. The van der Waals surface area contributed by atoms with Crippen LogP contribution in [0.5, 0.6) is 5.75 Å². The Labute approximate surface area is 171 Å². The van der Waals surface area contributed by atoms with Crippen molar-refractivity contribution in [3.63, 3.8) is 0 Å². The van der Waals surface area contributed by atoms with Gasteiger partial charge in [0.25, 0.3) is 5.56 Å². The van der Waals surface area contributed by atoms with Crippen molar-refractivity contribution in [3.05, 3.63) is 87.9 Å². The van der Waals surface area contributed by atoms with Crippen LogP contribution in [0.25, 0.3) is 22.3 Å². The van der Waals surface area contributed by atoms with Crippen molar-refractivity contribution in [3.8, 4) is 17.1 Å². The van der Waals surface area contributed by atoms with E-state index in [9.17, 15) is 9.59 Å². The molecule has 0 bridgehead atoms. The van der Waals surface area contributed by atoms with Crippen molar-refractivity contribution in [1.29, 1.82) is 0 Å². The van der Waals surface area contributed by atoms with Crippen LogP contribution in [-0.4, -0.2) is 25.9 Å². The fraction of sp³-hybridized carbons (Fsp3) is 0.182. The van der Waals surface area contributed by atoms with Crippen molar-refractivity contribution in [2.45, 2.75) is 20.0 Å². The average Bonchev–Trinajstić information content (AvgIpc) is 3.23. The number of fused-ring (bicyclic) bond motifs is 1. The first-order valence-electron chi connectivity index (χ1n) is 9.51. The van der Waals surface area contributed by atoms with Crippen LogP contribution in [0.15, 0.2) is 75.3 Å². The molecule has 0 fully saturated rings. The van der Waals surface area contributed by atoms with Gasteiger partial charge in [-0.2, -0.15) is 4.98 Å². The molecule has 8 heteroatoms. The first-order valence-corrected chi connectivity index (χ1v) is 9.51. The van der Waals surface area contributed by atoms with Crippen molar-refractivity contribution in [2.24, 2.45) is 0 Å². The summed E-state index contributed by atoms with van der Waals surface area (Å²) in [6.07, 6.45) is 1.51. The van der Waals surface area contributed by atoms with E-state index in [0.29, 0.717) is 29.1 Å². The molecule has 0 unspecified atom stereocenters. The number of aromatic nitrogens is 4. The van der Waals surface area contributed by atoms with Gasteiger partial charge < -0.3 is 9.26 Å². The highest BCUT2D eigenvalue weighted by atomic mass is 16.5. The molecule has 0 spiro atoms. The predicted molar refractivity (Wildman–Crippen MR) is 113 cm³/mol. The van der Waals surface area contributed by atoms with E-state index in [1.54, 1.807) is 24.3 Å². The maximum atomic E-state index is 13.0. The summed E-state index contributed by atoms with van der Waals surface area (Å²) in [6.45, 7) is 6.24. The predicted octanol–water partition coefficient (Wildman–Crippen LogP) is 2.85. The quantitative estimate of drug-likeness (QED) is 0.440. The monoisotopic (exact) mass is 404 g/mol. The zero-order valence-electron chi connectivity index (χ0n) is 16.4. The van der Waals surface area contributed by atoms with Gasteiger partial charge in [-0.25, -0.2) is 4.79 Å². The third-order valence-corrected chi connectivity index (χ3v) is 4.61. The topological polar surface area (TPSA) is 92.2 Å². The number of para-hydroxylation sites is 1. The minimum absolute atomic E-state index is 0.0366. The highest BCUT2D eigenvalue weighted by molar-refractivity contribution is 5.77. The summed E-state index contributed by atoms with van der Waals surface area (Å²) in [7, 11) is 0. The molecule has 0 saturated carbocycles. The Balaban J connectivity index is 1.76. The van der Waals surface area contributed by atoms with E-state index < -0.39 is 5.69 Å². The lowest BCUT2D eigenvalue weighted by atomic mass is 10.2. The third-order valence-electron chi connectivity index (χ3n) is 4.61. The van der Waals surface area contributed by atoms with E-state index in [4.69, 9.17) is 9.26 Å². The molecule has 2 aromatic carbocycles. The zero-order valence-corrected chi connectivity index (χ0v) is 16.4. The van der Waals surface area contributed by atoms with Gasteiger partial charge in [-0.1, -0.05) is 35.5 Å².